The van der Waals surface area contributed by atoms with E-state index in [4.69, 9.17) is 47.7 Å². The topological polar surface area (TPSA) is 195 Å². The fourth-order valence-electron chi connectivity index (χ4n) is 7.46. The molecule has 0 amide bonds. The van der Waals surface area contributed by atoms with Gasteiger partial charge in [0.2, 0.25) is 6.79 Å². The van der Waals surface area contributed by atoms with Gasteiger partial charge in [0, 0.05) is 24.7 Å². The van der Waals surface area contributed by atoms with Crippen LogP contribution in [-0.4, -0.2) is 97.3 Å². The van der Waals surface area contributed by atoms with E-state index in [0.29, 0.717) is 33.8 Å². The van der Waals surface area contributed by atoms with Gasteiger partial charge in [0.1, 0.15) is 18.3 Å². The number of carbonyl (C=O) groups excluding carboxylic acids is 2. The number of aryl methyl sites for hydroxylation is 1. The Morgan fingerprint density at radius 1 is 1.00 bits per heavy atom. The van der Waals surface area contributed by atoms with Crippen molar-refractivity contribution in [1.29, 1.82) is 0 Å². The highest BCUT2D eigenvalue weighted by Gasteiger charge is 2.57. The van der Waals surface area contributed by atoms with Crippen molar-refractivity contribution in [3.63, 3.8) is 0 Å². The normalized spacial score (nSPS) is 32.8. The number of aliphatic hydroxyl groups excluding tert-OH is 1. The summed E-state index contributed by atoms with van der Waals surface area (Å²) in [6.45, 7) is 3.47. The SMILES string of the molecule is COc1cc([C@@H]2c3cc4c(cc3[C@@H](OC3OC5COC(C)OC5C(O)C3OC(=O)CCCC(=O)O)[C@H]3COC(=O)[C@H]23)OCO4)cc(C)c1O. The first kappa shape index (κ1) is 33.4. The Balaban J connectivity index is 1.28. The van der Waals surface area contributed by atoms with E-state index < -0.39 is 78.8 Å². The number of aliphatic hydroxyl groups is 1. The van der Waals surface area contributed by atoms with Crippen molar-refractivity contribution in [3.8, 4) is 23.0 Å². The molecule has 4 heterocycles. The van der Waals surface area contributed by atoms with Gasteiger partial charge in [-0.25, -0.2) is 0 Å². The van der Waals surface area contributed by atoms with Crippen molar-refractivity contribution in [3.05, 3.63) is 46.5 Å². The molecule has 2 aromatic rings. The Morgan fingerprint density at radius 3 is 2.49 bits per heavy atom. The molecule has 2 aromatic carbocycles. The number of ether oxygens (including phenoxy) is 9. The molecule has 0 bridgehead atoms. The molecule has 3 saturated heterocycles. The standard InChI is InChI=1S/C34H38O15/c1-14-7-16(8-22(41-3)28(14)38)26-17-9-20-21(45-13-44-20)10-18(17)30(19-11-43-33(40)27(19)26)49-34-32(48-25(37)6-4-5-24(35)36)29(39)31-23(47-34)12-42-15(2)46-31/h7-10,15,19,23,26-27,29-32,34,38-39H,4-6,11-13H2,1-3H3,(H,35,36)/t15?,19-,23?,26+,27-,29?,30+,31?,32?,34?/m0/s1. The summed E-state index contributed by atoms with van der Waals surface area (Å²) in [6, 6.07) is 7.07. The number of phenols is 1. The number of rotatable bonds is 9. The first-order chi connectivity index (χ1) is 23.5. The first-order valence-corrected chi connectivity index (χ1v) is 16.2. The highest BCUT2D eigenvalue weighted by Crippen LogP contribution is 2.56. The van der Waals surface area contributed by atoms with Gasteiger partial charge in [0.25, 0.3) is 0 Å². The Kier molecular flexibility index (Phi) is 9.04. The summed E-state index contributed by atoms with van der Waals surface area (Å²) >= 11 is 0. The zero-order valence-corrected chi connectivity index (χ0v) is 27.1. The molecule has 0 aromatic heterocycles. The van der Waals surface area contributed by atoms with Crippen LogP contribution in [-0.2, 0) is 42.8 Å². The van der Waals surface area contributed by atoms with Crippen molar-refractivity contribution >= 4 is 17.9 Å². The molecular formula is C34H38O15. The molecule has 49 heavy (non-hydrogen) atoms. The predicted octanol–water partition coefficient (Wildman–Crippen LogP) is 2.44. The first-order valence-electron chi connectivity index (χ1n) is 16.2. The van der Waals surface area contributed by atoms with Gasteiger partial charge in [-0.1, -0.05) is 6.07 Å². The monoisotopic (exact) mass is 686 g/mol. The molecule has 15 heteroatoms. The van der Waals surface area contributed by atoms with E-state index in [1.54, 1.807) is 38.1 Å². The van der Waals surface area contributed by atoms with Gasteiger partial charge in [-0.3, -0.25) is 14.4 Å². The fourth-order valence-corrected chi connectivity index (χ4v) is 7.46. The van der Waals surface area contributed by atoms with E-state index in [9.17, 15) is 24.6 Å². The number of methoxy groups -OCH3 is 1. The Morgan fingerprint density at radius 2 is 1.76 bits per heavy atom. The molecule has 5 aliphatic rings. The quantitative estimate of drug-likeness (QED) is 0.325. The van der Waals surface area contributed by atoms with Gasteiger partial charge in [0.05, 0.1) is 32.3 Å². The molecule has 10 atom stereocenters. The summed E-state index contributed by atoms with van der Waals surface area (Å²) < 4.78 is 52.7. The number of fused-ring (bicyclic) bond motifs is 4. The van der Waals surface area contributed by atoms with Gasteiger partial charge in [-0.15, -0.1) is 0 Å². The molecule has 6 unspecified atom stereocenters. The maximum atomic E-state index is 13.6. The van der Waals surface area contributed by atoms with Gasteiger partial charge in [0.15, 0.2) is 41.7 Å². The molecule has 0 radical (unpaired) electrons. The molecule has 264 valence electrons. The lowest BCUT2D eigenvalue weighted by molar-refractivity contribution is -0.365. The van der Waals surface area contributed by atoms with E-state index in [1.165, 1.54) is 7.11 Å². The van der Waals surface area contributed by atoms with Crippen LogP contribution in [0, 0.1) is 18.8 Å². The van der Waals surface area contributed by atoms with Crippen LogP contribution in [0.5, 0.6) is 23.0 Å². The van der Waals surface area contributed by atoms with E-state index >= 15 is 0 Å². The van der Waals surface area contributed by atoms with Gasteiger partial charge in [-0.05, 0) is 60.7 Å². The summed E-state index contributed by atoms with van der Waals surface area (Å²) in [5, 5.41) is 31.1. The Hall–Kier alpha value is -4.15. The number of carbonyl (C=O) groups is 3. The minimum absolute atomic E-state index is 0.00252. The number of carboxylic acids is 1. The zero-order chi connectivity index (χ0) is 34.6. The number of benzene rings is 2. The van der Waals surface area contributed by atoms with Crippen LogP contribution < -0.4 is 14.2 Å². The van der Waals surface area contributed by atoms with E-state index in [0.717, 1.165) is 0 Å². The number of carboxylic acid groups (broad SMARTS) is 1. The summed E-state index contributed by atoms with van der Waals surface area (Å²) in [5.74, 6) is -2.98. The van der Waals surface area contributed by atoms with Crippen LogP contribution in [0.4, 0.5) is 0 Å². The second kappa shape index (κ2) is 13.3. The van der Waals surface area contributed by atoms with Crippen molar-refractivity contribution in [1.82, 2.24) is 0 Å². The third-order valence-electron chi connectivity index (χ3n) is 9.77. The average molecular weight is 687 g/mol. The van der Waals surface area contributed by atoms with Crippen molar-refractivity contribution < 1.29 is 72.3 Å². The third-order valence-corrected chi connectivity index (χ3v) is 9.77. The fraction of sp³-hybridized carbons (Fsp3) is 0.559. The maximum absolute atomic E-state index is 13.6. The molecule has 15 nitrogen and oxygen atoms in total. The van der Waals surface area contributed by atoms with Crippen LogP contribution in [0.25, 0.3) is 0 Å². The molecule has 0 spiro atoms. The highest BCUT2D eigenvalue weighted by molar-refractivity contribution is 5.79. The summed E-state index contributed by atoms with van der Waals surface area (Å²) in [4.78, 5) is 37.5. The number of phenolic OH excluding ortho intramolecular Hbond substituents is 1. The highest BCUT2D eigenvalue weighted by atomic mass is 16.8. The summed E-state index contributed by atoms with van der Waals surface area (Å²) in [6.07, 6.45) is -7.76. The zero-order valence-electron chi connectivity index (χ0n) is 27.1. The number of aliphatic carboxylic acids is 1. The van der Waals surface area contributed by atoms with Crippen molar-refractivity contribution in [2.75, 3.05) is 27.1 Å². The van der Waals surface area contributed by atoms with E-state index in [-0.39, 0.29) is 50.8 Å². The number of esters is 2. The minimum atomic E-state index is -1.39. The van der Waals surface area contributed by atoms with Crippen molar-refractivity contribution in [2.24, 2.45) is 11.8 Å². The Labute approximate surface area is 280 Å². The predicted molar refractivity (Wildman–Crippen MR) is 162 cm³/mol. The average Bonchev–Trinajstić information content (AvgIpc) is 3.69. The number of aromatic hydroxyl groups is 1. The lowest BCUT2D eigenvalue weighted by atomic mass is 9.66. The van der Waals surface area contributed by atoms with Crippen LogP contribution in [0.1, 0.15) is 60.5 Å². The second-order valence-corrected chi connectivity index (χ2v) is 12.8. The molecule has 7 rings (SSSR count). The molecule has 0 saturated carbocycles. The van der Waals surface area contributed by atoms with E-state index in [1.807, 2.05) is 0 Å². The van der Waals surface area contributed by atoms with Gasteiger partial charge >= 0.3 is 17.9 Å². The lowest BCUT2D eigenvalue weighted by Crippen LogP contribution is -2.64. The Bertz CT molecular complexity index is 1620. The number of cyclic esters (lactones) is 1. The number of hydrogen-bond donors (Lipinski definition) is 3. The molecule has 3 N–H and O–H groups in total. The lowest BCUT2D eigenvalue weighted by Gasteiger charge is -2.48. The van der Waals surface area contributed by atoms with Crippen LogP contribution in [0.2, 0.25) is 0 Å². The van der Waals surface area contributed by atoms with Gasteiger partial charge < -0.3 is 58.0 Å². The van der Waals surface area contributed by atoms with Gasteiger partial charge in [-0.2, -0.15) is 0 Å². The number of hydrogen-bond acceptors (Lipinski definition) is 14. The molecule has 3 fully saturated rings. The second-order valence-electron chi connectivity index (χ2n) is 12.8. The van der Waals surface area contributed by atoms with Crippen LogP contribution in [0.15, 0.2) is 24.3 Å². The third kappa shape index (κ3) is 6.14. The van der Waals surface area contributed by atoms with Crippen molar-refractivity contribution in [2.45, 2.75) is 82.1 Å². The largest absolute Gasteiger partial charge is 0.504 e. The molecule has 4 aliphatic heterocycles. The minimum Gasteiger partial charge on any atom is -0.504 e. The van der Waals surface area contributed by atoms with Crippen LogP contribution in [0.3, 0.4) is 0 Å². The smallest absolute Gasteiger partial charge is 0.310 e. The van der Waals surface area contributed by atoms with Crippen LogP contribution >= 0.6 is 0 Å². The molecule has 1 aliphatic carbocycles. The maximum Gasteiger partial charge on any atom is 0.310 e. The molecular weight excluding hydrogens is 648 g/mol. The van der Waals surface area contributed by atoms with E-state index in [2.05, 4.69) is 0 Å². The summed E-state index contributed by atoms with van der Waals surface area (Å²) in [7, 11) is 1.45. The summed E-state index contributed by atoms with van der Waals surface area (Å²) in [5.41, 5.74) is 2.56.